The summed E-state index contributed by atoms with van der Waals surface area (Å²) >= 11 is 0. The third-order valence-corrected chi connectivity index (χ3v) is 11.4. The summed E-state index contributed by atoms with van der Waals surface area (Å²) in [6, 6.07) is 18.1. The van der Waals surface area contributed by atoms with Gasteiger partial charge in [0.15, 0.2) is 0 Å². The monoisotopic (exact) mass is 546 g/mol. The van der Waals surface area contributed by atoms with Crippen LogP contribution in [0.3, 0.4) is 0 Å². The molecular formula is C32H48B2N2O4. The highest BCUT2D eigenvalue weighted by Crippen LogP contribution is 2.37. The highest BCUT2D eigenvalue weighted by atomic mass is 16.6. The fraction of sp³-hybridized carbons (Fsp3) is 0.625. The van der Waals surface area contributed by atoms with Crippen LogP contribution in [-0.2, 0) is 18.6 Å². The lowest BCUT2D eigenvalue weighted by molar-refractivity contribution is -0.820. The lowest BCUT2D eigenvalue weighted by Crippen LogP contribution is -2.69. The van der Waals surface area contributed by atoms with E-state index in [4.69, 9.17) is 18.6 Å². The second-order valence-corrected chi connectivity index (χ2v) is 13.4. The minimum Gasteiger partial charge on any atom is -0.505 e. The van der Waals surface area contributed by atoms with Crippen LogP contribution in [0, 0.1) is 0 Å². The number of nitrogens with zero attached hydrogens (tertiary/aromatic N) is 2. The van der Waals surface area contributed by atoms with Crippen molar-refractivity contribution in [3.8, 4) is 11.1 Å². The summed E-state index contributed by atoms with van der Waals surface area (Å²) in [4.78, 5) is 0. The van der Waals surface area contributed by atoms with E-state index < -0.39 is 13.4 Å². The fourth-order valence-corrected chi connectivity index (χ4v) is 9.12. The Kier molecular flexibility index (Phi) is 7.61. The molecule has 0 atom stereocenters. The highest BCUT2D eigenvalue weighted by Gasteiger charge is 2.60. The zero-order chi connectivity index (χ0) is 26.9. The van der Waals surface area contributed by atoms with E-state index in [0.29, 0.717) is 0 Å². The van der Waals surface area contributed by atoms with Crippen molar-refractivity contribution in [3.63, 3.8) is 0 Å². The zero-order valence-corrected chi connectivity index (χ0v) is 24.4. The standard InChI is InChI=1S/C32H48B2N2O4/c1-2-4-6-8-10-20-36-23-27-39-34(36,40-28-24-36)32-17-13-30(14-18-32)29-11-15-31(16-12-29)33-35(21-25-37-33,22-26-38-33)19-9-7-5-3-1/h11-18H,1-10,19-28H2. The quantitative estimate of drug-likeness (QED) is 0.462. The maximum atomic E-state index is 6.54. The van der Waals surface area contributed by atoms with Crippen LogP contribution >= 0.6 is 0 Å². The first-order valence-corrected chi connectivity index (χ1v) is 16.5. The largest absolute Gasteiger partial charge is 0.505 e. The lowest BCUT2D eigenvalue weighted by Gasteiger charge is -2.47. The molecule has 0 radical (unpaired) electrons. The number of rotatable bonds is 0. The average molecular weight is 546 g/mol. The van der Waals surface area contributed by atoms with Gasteiger partial charge in [-0.15, -0.1) is 0 Å². The third kappa shape index (κ3) is 4.42. The van der Waals surface area contributed by atoms with E-state index in [1.165, 1.54) is 99.4 Å². The lowest BCUT2D eigenvalue weighted by atomic mass is 9.60. The molecule has 0 spiro atoms. The first kappa shape index (κ1) is 27.2. The number of hydrogen-bond acceptors (Lipinski definition) is 4. The van der Waals surface area contributed by atoms with Crippen molar-refractivity contribution in [3.05, 3.63) is 48.5 Å². The van der Waals surface area contributed by atoms with Crippen LogP contribution in [0.2, 0.25) is 0 Å². The van der Waals surface area contributed by atoms with Crippen molar-refractivity contribution in [2.24, 2.45) is 0 Å². The van der Waals surface area contributed by atoms with Crippen LogP contribution in [0.15, 0.2) is 48.5 Å². The van der Waals surface area contributed by atoms with Crippen molar-refractivity contribution >= 4 is 24.3 Å². The molecule has 4 fully saturated rings. The van der Waals surface area contributed by atoms with Gasteiger partial charge in [0.05, 0.1) is 52.6 Å². The minimum atomic E-state index is -1.46. The molecule has 7 aliphatic heterocycles. The molecule has 0 aromatic heterocycles. The second kappa shape index (κ2) is 11.2. The Morgan fingerprint density at radius 2 is 0.675 bits per heavy atom. The molecule has 4 bridgehead atoms. The summed E-state index contributed by atoms with van der Waals surface area (Å²) < 4.78 is 28.2. The van der Waals surface area contributed by atoms with E-state index in [9.17, 15) is 0 Å². The van der Waals surface area contributed by atoms with Gasteiger partial charge in [-0.3, -0.25) is 0 Å². The Morgan fingerprint density at radius 1 is 0.375 bits per heavy atom. The van der Waals surface area contributed by atoms with Gasteiger partial charge in [0.1, 0.15) is 0 Å². The van der Waals surface area contributed by atoms with Crippen molar-refractivity contribution in [1.82, 2.24) is 0 Å². The van der Waals surface area contributed by atoms with Crippen LogP contribution in [0.5, 0.6) is 0 Å². The predicted molar refractivity (Wildman–Crippen MR) is 162 cm³/mol. The van der Waals surface area contributed by atoms with Gasteiger partial charge >= 0.3 is 13.4 Å². The summed E-state index contributed by atoms with van der Waals surface area (Å²) in [5.74, 6) is 0. The zero-order valence-electron chi connectivity index (χ0n) is 24.4. The van der Waals surface area contributed by atoms with Crippen molar-refractivity contribution < 1.29 is 27.4 Å². The number of hydrogen-bond donors (Lipinski definition) is 0. The van der Waals surface area contributed by atoms with Crippen LogP contribution in [-0.4, -0.2) is 87.9 Å². The molecule has 0 unspecified atom stereocenters. The Labute approximate surface area is 241 Å². The van der Waals surface area contributed by atoms with Crippen molar-refractivity contribution in [2.45, 2.75) is 64.2 Å². The molecule has 7 heterocycles. The number of benzene rings is 2. The first-order chi connectivity index (χ1) is 19.7. The van der Waals surface area contributed by atoms with Crippen LogP contribution in [0.1, 0.15) is 64.2 Å². The molecule has 9 rings (SSSR count). The molecule has 0 N–H and O–H groups in total. The van der Waals surface area contributed by atoms with E-state index >= 15 is 0 Å². The molecule has 216 valence electrons. The Morgan fingerprint density at radius 3 is 1.00 bits per heavy atom. The maximum Gasteiger partial charge on any atom is 0.502 e. The van der Waals surface area contributed by atoms with Gasteiger partial charge in [-0.05, 0) is 36.8 Å². The molecule has 6 nitrogen and oxygen atoms in total. The molecule has 0 aliphatic carbocycles. The summed E-state index contributed by atoms with van der Waals surface area (Å²) in [5, 5.41) is 0. The number of fused-ring (bicyclic) bond motifs is 2. The Hall–Kier alpha value is -1.67. The smallest absolute Gasteiger partial charge is 0.502 e. The average Bonchev–Trinajstić information content (AvgIpc) is 3.71. The van der Waals surface area contributed by atoms with Gasteiger partial charge in [-0.1, -0.05) is 98.0 Å². The minimum absolute atomic E-state index is 0.802. The summed E-state index contributed by atoms with van der Waals surface area (Å²) in [6.45, 7) is 6.97. The second-order valence-electron chi connectivity index (χ2n) is 13.4. The van der Waals surface area contributed by atoms with E-state index in [2.05, 4.69) is 48.5 Å². The highest BCUT2D eigenvalue weighted by molar-refractivity contribution is 6.76. The summed E-state index contributed by atoms with van der Waals surface area (Å²) in [7, 11) is 0. The van der Waals surface area contributed by atoms with Gasteiger partial charge in [0, 0.05) is 13.1 Å². The molecular weight excluding hydrogens is 498 g/mol. The molecule has 8 heteroatoms. The van der Waals surface area contributed by atoms with Gasteiger partial charge in [0.2, 0.25) is 0 Å². The summed E-state index contributed by atoms with van der Waals surface area (Å²) in [6.07, 6.45) is 13.5. The first-order valence-electron chi connectivity index (χ1n) is 16.5. The van der Waals surface area contributed by atoms with Crippen molar-refractivity contribution in [1.29, 1.82) is 0 Å². The number of quaternary nitrogens is 2. The van der Waals surface area contributed by atoms with E-state index in [0.717, 1.165) is 61.4 Å². The van der Waals surface area contributed by atoms with Crippen LogP contribution in [0.25, 0.3) is 11.1 Å². The normalized spacial score (nSPS) is 37.0. The predicted octanol–water partition coefficient (Wildman–Crippen LogP) is 4.31. The Balaban J connectivity index is 1.17. The fourth-order valence-electron chi connectivity index (χ4n) is 9.12. The van der Waals surface area contributed by atoms with Crippen molar-refractivity contribution in [2.75, 3.05) is 65.7 Å². The van der Waals surface area contributed by atoms with Crippen LogP contribution in [0.4, 0.5) is 0 Å². The Bertz CT molecular complexity index is 1050. The molecule has 4 saturated heterocycles. The SMILES string of the molecule is c1cc2ccc1-c1ccc(cc1)[B-]13OCC[N+]1(CCCCCCCCCCCC[N+]14CCO[B-]21OCC4)CCO3. The van der Waals surface area contributed by atoms with Gasteiger partial charge in [-0.25, -0.2) is 0 Å². The van der Waals surface area contributed by atoms with Gasteiger partial charge < -0.3 is 27.4 Å². The van der Waals surface area contributed by atoms with Gasteiger partial charge in [0.25, 0.3) is 0 Å². The topological polar surface area (TPSA) is 36.9 Å². The molecule has 0 amide bonds. The van der Waals surface area contributed by atoms with E-state index in [1.54, 1.807) is 0 Å². The molecule has 2 aromatic carbocycles. The maximum absolute atomic E-state index is 6.54. The van der Waals surface area contributed by atoms with Crippen LogP contribution < -0.4 is 10.9 Å². The summed E-state index contributed by atoms with van der Waals surface area (Å²) in [5.41, 5.74) is 4.92. The van der Waals surface area contributed by atoms with E-state index in [1.807, 2.05) is 0 Å². The molecule has 2 aromatic rings. The van der Waals surface area contributed by atoms with E-state index in [-0.39, 0.29) is 0 Å². The van der Waals surface area contributed by atoms with Gasteiger partial charge in [-0.2, -0.15) is 0 Å². The molecule has 7 aliphatic rings. The third-order valence-electron chi connectivity index (χ3n) is 11.4. The molecule has 40 heavy (non-hydrogen) atoms. The molecule has 0 saturated carbocycles.